The number of aromatic nitrogens is 2. The number of amides is 1. The van der Waals surface area contributed by atoms with E-state index in [0.29, 0.717) is 35.8 Å². The molecule has 6 nitrogen and oxygen atoms in total. The van der Waals surface area contributed by atoms with E-state index >= 15 is 0 Å². The predicted octanol–water partition coefficient (Wildman–Crippen LogP) is 2.24. The fourth-order valence-electron chi connectivity index (χ4n) is 3.39. The molecule has 2 heterocycles. The van der Waals surface area contributed by atoms with Gasteiger partial charge in [0.1, 0.15) is 6.10 Å². The molecule has 4 rings (SSSR count). The van der Waals surface area contributed by atoms with Gasteiger partial charge in [-0.3, -0.25) is 9.48 Å². The van der Waals surface area contributed by atoms with Gasteiger partial charge in [0, 0.05) is 13.1 Å². The van der Waals surface area contributed by atoms with Gasteiger partial charge in [-0.05, 0) is 43.4 Å². The second-order valence-electron chi connectivity index (χ2n) is 6.80. The lowest BCUT2D eigenvalue weighted by Gasteiger charge is -2.20. The lowest BCUT2D eigenvalue weighted by molar-refractivity contribution is 0.0745. The highest BCUT2D eigenvalue weighted by atomic mass is 16.3. The van der Waals surface area contributed by atoms with Crippen LogP contribution in [0.4, 0.5) is 0 Å². The van der Waals surface area contributed by atoms with Gasteiger partial charge < -0.3 is 10.0 Å². The van der Waals surface area contributed by atoms with E-state index in [1.807, 2.05) is 10.7 Å². The van der Waals surface area contributed by atoms with Gasteiger partial charge >= 0.3 is 0 Å². The van der Waals surface area contributed by atoms with Crippen LogP contribution in [0.2, 0.25) is 0 Å². The fourth-order valence-corrected chi connectivity index (χ4v) is 3.39. The number of carbonyl (C=O) groups excluding carboxylic acids is 1. The number of carbonyl (C=O) groups is 1. The Morgan fingerprint density at radius 2 is 2.12 bits per heavy atom. The predicted molar refractivity (Wildman–Crippen MR) is 90.4 cm³/mol. The molecule has 6 heteroatoms. The number of nitriles is 1. The minimum Gasteiger partial charge on any atom is -0.386 e. The minimum atomic E-state index is -0.497. The van der Waals surface area contributed by atoms with Crippen LogP contribution in [0.1, 0.15) is 52.7 Å². The molecule has 128 valence electrons. The van der Waals surface area contributed by atoms with Crippen LogP contribution in [0, 0.1) is 17.2 Å². The molecular formula is C19H20N4O2. The molecule has 0 bridgehead atoms. The number of hydrogen-bond donors (Lipinski definition) is 1. The van der Waals surface area contributed by atoms with Crippen molar-refractivity contribution in [2.45, 2.75) is 38.5 Å². The molecule has 1 N–H and O–H groups in total. The van der Waals surface area contributed by atoms with Crippen molar-refractivity contribution in [1.82, 2.24) is 14.7 Å². The Morgan fingerprint density at radius 3 is 2.88 bits per heavy atom. The molecule has 1 saturated carbocycles. The van der Waals surface area contributed by atoms with Gasteiger partial charge in [-0.15, -0.1) is 0 Å². The normalized spacial score (nSPS) is 18.2. The van der Waals surface area contributed by atoms with Crippen LogP contribution in [-0.2, 0) is 13.1 Å². The van der Waals surface area contributed by atoms with Gasteiger partial charge in [-0.1, -0.05) is 12.1 Å². The molecule has 0 radical (unpaired) electrons. The van der Waals surface area contributed by atoms with Crippen LogP contribution in [-0.4, -0.2) is 32.2 Å². The summed E-state index contributed by atoms with van der Waals surface area (Å²) in [5.74, 6) is 0.204. The van der Waals surface area contributed by atoms with Crippen LogP contribution in [0.5, 0.6) is 0 Å². The van der Waals surface area contributed by atoms with Crippen molar-refractivity contribution in [3.05, 3.63) is 52.8 Å². The molecule has 1 fully saturated rings. The van der Waals surface area contributed by atoms with Gasteiger partial charge in [-0.2, -0.15) is 10.4 Å². The topological polar surface area (TPSA) is 82.2 Å². The van der Waals surface area contributed by atoms with E-state index in [1.54, 1.807) is 29.2 Å². The van der Waals surface area contributed by atoms with E-state index in [2.05, 4.69) is 11.2 Å². The molecule has 2 aromatic rings. The lowest BCUT2D eigenvalue weighted by atomic mass is 10.1. The van der Waals surface area contributed by atoms with Crippen LogP contribution >= 0.6 is 0 Å². The molecule has 1 aromatic carbocycles. The summed E-state index contributed by atoms with van der Waals surface area (Å²) in [7, 11) is 0. The number of nitrogens with zero attached hydrogens (tertiary/aromatic N) is 4. The first-order valence-electron chi connectivity index (χ1n) is 8.70. The number of hydrogen-bond acceptors (Lipinski definition) is 4. The second-order valence-corrected chi connectivity index (χ2v) is 6.80. The molecule has 0 spiro atoms. The first-order valence-corrected chi connectivity index (χ1v) is 8.70. The van der Waals surface area contributed by atoms with Crippen molar-refractivity contribution in [3.63, 3.8) is 0 Å². The van der Waals surface area contributed by atoms with E-state index in [1.165, 1.54) is 0 Å². The Hall–Kier alpha value is -2.65. The van der Waals surface area contributed by atoms with Crippen molar-refractivity contribution in [2.75, 3.05) is 6.54 Å². The van der Waals surface area contributed by atoms with Gasteiger partial charge in [0.25, 0.3) is 5.91 Å². The largest absolute Gasteiger partial charge is 0.386 e. The highest BCUT2D eigenvalue weighted by molar-refractivity contribution is 5.96. The first kappa shape index (κ1) is 15.9. The highest BCUT2D eigenvalue weighted by Crippen LogP contribution is 2.40. The SMILES string of the molecule is N#Cc1ccccc1C(=O)N1CCCn2nc([C@H](O)C3CC3)cc2C1. The van der Waals surface area contributed by atoms with Gasteiger partial charge in [-0.25, -0.2) is 0 Å². The third kappa shape index (κ3) is 3.03. The van der Waals surface area contributed by atoms with Crippen LogP contribution in [0.25, 0.3) is 0 Å². The second kappa shape index (κ2) is 6.34. The summed E-state index contributed by atoms with van der Waals surface area (Å²) in [6.45, 7) is 1.81. The van der Waals surface area contributed by atoms with Crippen molar-refractivity contribution in [3.8, 4) is 6.07 Å². The van der Waals surface area contributed by atoms with Crippen LogP contribution < -0.4 is 0 Å². The quantitative estimate of drug-likeness (QED) is 0.932. The molecule has 1 aliphatic heterocycles. The summed E-state index contributed by atoms with van der Waals surface area (Å²) in [6, 6.07) is 10.9. The molecule has 2 aliphatic rings. The third-order valence-electron chi connectivity index (χ3n) is 4.97. The summed E-state index contributed by atoms with van der Waals surface area (Å²) in [4.78, 5) is 14.7. The minimum absolute atomic E-state index is 0.129. The average Bonchev–Trinajstić information content (AvgIpc) is 3.44. The third-order valence-corrected chi connectivity index (χ3v) is 4.97. The maximum atomic E-state index is 12.9. The summed E-state index contributed by atoms with van der Waals surface area (Å²) in [5.41, 5.74) is 2.49. The van der Waals surface area contributed by atoms with Gasteiger partial charge in [0.05, 0.1) is 35.1 Å². The maximum absolute atomic E-state index is 12.9. The standard InChI is InChI=1S/C19H20N4O2/c20-11-14-4-1-2-5-16(14)19(25)22-8-3-9-23-15(12-22)10-17(21-23)18(24)13-6-7-13/h1-2,4-5,10,13,18,24H,3,6-9,12H2/t18-/m1/s1. The zero-order valence-electron chi connectivity index (χ0n) is 13.9. The Labute approximate surface area is 146 Å². The Bertz CT molecular complexity index is 847. The number of aliphatic hydroxyl groups excluding tert-OH is 1. The smallest absolute Gasteiger partial charge is 0.255 e. The van der Waals surface area contributed by atoms with Gasteiger partial charge in [0.15, 0.2) is 0 Å². The molecule has 1 amide bonds. The number of fused-ring (bicyclic) bond motifs is 1. The summed E-state index contributed by atoms with van der Waals surface area (Å²) < 4.78 is 1.91. The Balaban J connectivity index is 1.58. The van der Waals surface area contributed by atoms with E-state index in [9.17, 15) is 15.2 Å². The van der Waals surface area contributed by atoms with E-state index in [0.717, 1.165) is 31.5 Å². The molecular weight excluding hydrogens is 316 g/mol. The van der Waals surface area contributed by atoms with Gasteiger partial charge in [0.2, 0.25) is 0 Å². The number of aryl methyl sites for hydroxylation is 1. The first-order chi connectivity index (χ1) is 12.2. The number of aliphatic hydroxyl groups is 1. The highest BCUT2D eigenvalue weighted by Gasteiger charge is 2.33. The zero-order valence-corrected chi connectivity index (χ0v) is 13.9. The average molecular weight is 336 g/mol. The van der Waals surface area contributed by atoms with Crippen LogP contribution in [0.3, 0.4) is 0 Å². The fraction of sp³-hybridized carbons (Fsp3) is 0.421. The lowest BCUT2D eigenvalue weighted by Crippen LogP contribution is -2.31. The van der Waals surface area contributed by atoms with Crippen molar-refractivity contribution in [1.29, 1.82) is 5.26 Å². The zero-order chi connectivity index (χ0) is 17.4. The molecule has 0 unspecified atom stereocenters. The van der Waals surface area contributed by atoms with E-state index in [4.69, 9.17) is 0 Å². The van der Waals surface area contributed by atoms with E-state index in [-0.39, 0.29) is 5.91 Å². The molecule has 1 aliphatic carbocycles. The molecule has 0 saturated heterocycles. The van der Waals surface area contributed by atoms with E-state index < -0.39 is 6.10 Å². The maximum Gasteiger partial charge on any atom is 0.255 e. The van der Waals surface area contributed by atoms with Crippen molar-refractivity contribution >= 4 is 5.91 Å². The summed E-state index contributed by atoms with van der Waals surface area (Å²) >= 11 is 0. The van der Waals surface area contributed by atoms with Crippen molar-refractivity contribution in [2.24, 2.45) is 5.92 Å². The summed E-state index contributed by atoms with van der Waals surface area (Å²) in [5, 5.41) is 24.1. The molecule has 1 aromatic heterocycles. The monoisotopic (exact) mass is 336 g/mol. The Kier molecular flexibility index (Phi) is 4.02. The Morgan fingerprint density at radius 1 is 1.32 bits per heavy atom. The van der Waals surface area contributed by atoms with Crippen LogP contribution in [0.15, 0.2) is 30.3 Å². The summed E-state index contributed by atoms with van der Waals surface area (Å²) in [6.07, 6.45) is 2.41. The molecule has 1 atom stereocenters. The van der Waals surface area contributed by atoms with Crippen molar-refractivity contribution < 1.29 is 9.90 Å². The molecule has 25 heavy (non-hydrogen) atoms. The number of benzene rings is 1. The number of rotatable bonds is 3.